The molecular weight excluding hydrogens is 268 g/mol. The zero-order valence-electron chi connectivity index (χ0n) is 8.65. The summed E-state index contributed by atoms with van der Waals surface area (Å²) in [5.74, 6) is 0.802. The summed E-state index contributed by atoms with van der Waals surface area (Å²) >= 11 is 3.43. The molecule has 82 valence electrons. The van der Waals surface area contributed by atoms with Crippen LogP contribution in [0.5, 0.6) is 5.75 Å². The van der Waals surface area contributed by atoms with Crippen molar-refractivity contribution >= 4 is 33.0 Å². The molecule has 0 fully saturated rings. The summed E-state index contributed by atoms with van der Waals surface area (Å²) in [4.78, 5) is 10.2. The lowest BCUT2D eigenvalue weighted by atomic mass is 10.1. The second kappa shape index (κ2) is 5.12. The molecule has 0 N–H and O–H groups in total. The molecule has 0 radical (unpaired) electrons. The molecule has 0 aliphatic rings. The lowest BCUT2D eigenvalue weighted by Crippen LogP contribution is -1.97. The van der Waals surface area contributed by atoms with Crippen molar-refractivity contribution in [3.05, 3.63) is 40.9 Å². The fraction of sp³-hybridized carbons (Fsp3) is 0.154. The number of aldehydes is 1. The number of ether oxygens (including phenoxy) is 1. The zero-order valence-corrected chi connectivity index (χ0v) is 10.2. The number of hydrogen-bond donors (Lipinski definition) is 0. The van der Waals surface area contributed by atoms with Gasteiger partial charge in [0.2, 0.25) is 0 Å². The molecular formula is C13H11BrO2. The van der Waals surface area contributed by atoms with Gasteiger partial charge in [-0.2, -0.15) is 0 Å². The lowest BCUT2D eigenvalue weighted by molar-refractivity contribution is -0.108. The molecule has 0 spiro atoms. The van der Waals surface area contributed by atoms with Crippen LogP contribution in [0.25, 0.3) is 10.8 Å². The van der Waals surface area contributed by atoms with Gasteiger partial charge in [-0.15, -0.1) is 0 Å². The Bertz CT molecular complexity index is 508. The standard InChI is InChI=1S/C13H11BrO2/c14-12-4-2-11-9-13(16-7-1-6-15)5-3-10(11)8-12/h2-6,8-9H,1,7H2. The maximum atomic E-state index is 10.2. The minimum absolute atomic E-state index is 0.429. The number of hydrogen-bond acceptors (Lipinski definition) is 2. The average Bonchev–Trinajstić information content (AvgIpc) is 2.29. The van der Waals surface area contributed by atoms with E-state index in [0.717, 1.165) is 27.3 Å². The van der Waals surface area contributed by atoms with Crippen LogP contribution >= 0.6 is 15.9 Å². The number of carbonyl (C=O) groups is 1. The Morgan fingerprint density at radius 2 is 1.88 bits per heavy atom. The highest BCUT2D eigenvalue weighted by molar-refractivity contribution is 9.10. The van der Waals surface area contributed by atoms with E-state index < -0.39 is 0 Å². The first-order chi connectivity index (χ1) is 7.79. The predicted molar refractivity (Wildman–Crippen MR) is 67.8 cm³/mol. The Hall–Kier alpha value is -1.35. The van der Waals surface area contributed by atoms with E-state index in [1.165, 1.54) is 0 Å². The highest BCUT2D eigenvalue weighted by Crippen LogP contribution is 2.24. The number of benzene rings is 2. The van der Waals surface area contributed by atoms with Crippen molar-refractivity contribution in [3.8, 4) is 5.75 Å². The lowest BCUT2D eigenvalue weighted by Gasteiger charge is -2.05. The van der Waals surface area contributed by atoms with E-state index in [4.69, 9.17) is 4.74 Å². The van der Waals surface area contributed by atoms with E-state index in [0.29, 0.717) is 13.0 Å². The van der Waals surface area contributed by atoms with Crippen LogP contribution in [0.4, 0.5) is 0 Å². The third kappa shape index (κ3) is 2.61. The first-order valence-electron chi connectivity index (χ1n) is 5.05. The van der Waals surface area contributed by atoms with Gasteiger partial charge in [0.15, 0.2) is 0 Å². The molecule has 2 nitrogen and oxygen atoms in total. The molecule has 3 heteroatoms. The number of halogens is 1. The van der Waals surface area contributed by atoms with Gasteiger partial charge in [0.1, 0.15) is 12.0 Å². The summed E-state index contributed by atoms with van der Waals surface area (Å²) in [5.41, 5.74) is 0. The monoisotopic (exact) mass is 278 g/mol. The van der Waals surface area contributed by atoms with Gasteiger partial charge in [-0.25, -0.2) is 0 Å². The number of carbonyl (C=O) groups excluding carboxylic acids is 1. The summed E-state index contributed by atoms with van der Waals surface area (Å²) in [6, 6.07) is 12.0. The summed E-state index contributed by atoms with van der Waals surface area (Å²) in [5, 5.41) is 2.30. The predicted octanol–water partition coefficient (Wildman–Crippen LogP) is 3.57. The van der Waals surface area contributed by atoms with Gasteiger partial charge in [0.05, 0.1) is 6.61 Å². The molecule has 2 rings (SSSR count). The van der Waals surface area contributed by atoms with Gasteiger partial charge >= 0.3 is 0 Å². The molecule has 0 bridgehead atoms. The van der Waals surface area contributed by atoms with E-state index in [9.17, 15) is 4.79 Å². The number of fused-ring (bicyclic) bond motifs is 1. The van der Waals surface area contributed by atoms with E-state index in [1.54, 1.807) is 0 Å². The third-order valence-corrected chi connectivity index (χ3v) is 2.77. The molecule has 0 saturated heterocycles. The third-order valence-electron chi connectivity index (χ3n) is 2.28. The molecule has 0 unspecified atom stereocenters. The van der Waals surface area contributed by atoms with Crippen LogP contribution in [0.2, 0.25) is 0 Å². The van der Waals surface area contributed by atoms with Crippen molar-refractivity contribution in [2.75, 3.05) is 6.61 Å². The molecule has 0 saturated carbocycles. The van der Waals surface area contributed by atoms with Crippen molar-refractivity contribution < 1.29 is 9.53 Å². The maximum Gasteiger partial charge on any atom is 0.123 e. The molecule has 0 aliphatic carbocycles. The van der Waals surface area contributed by atoms with Gasteiger partial charge in [0, 0.05) is 10.9 Å². The Morgan fingerprint density at radius 1 is 1.12 bits per heavy atom. The van der Waals surface area contributed by atoms with Crippen molar-refractivity contribution in [1.29, 1.82) is 0 Å². The van der Waals surface area contributed by atoms with Crippen molar-refractivity contribution in [2.24, 2.45) is 0 Å². The van der Waals surface area contributed by atoms with Crippen molar-refractivity contribution in [1.82, 2.24) is 0 Å². The minimum Gasteiger partial charge on any atom is -0.493 e. The quantitative estimate of drug-likeness (QED) is 0.631. The van der Waals surface area contributed by atoms with Crippen molar-refractivity contribution in [2.45, 2.75) is 6.42 Å². The zero-order chi connectivity index (χ0) is 11.4. The van der Waals surface area contributed by atoms with Crippen LogP contribution in [0.15, 0.2) is 40.9 Å². The van der Waals surface area contributed by atoms with E-state index in [-0.39, 0.29) is 0 Å². The average molecular weight is 279 g/mol. The second-order valence-electron chi connectivity index (χ2n) is 3.46. The van der Waals surface area contributed by atoms with Crippen molar-refractivity contribution in [3.63, 3.8) is 0 Å². The van der Waals surface area contributed by atoms with E-state index in [1.807, 2.05) is 30.3 Å². The molecule has 0 aliphatic heterocycles. The molecule has 0 amide bonds. The van der Waals surface area contributed by atoms with Crippen LogP contribution in [0.3, 0.4) is 0 Å². The Labute approximate surface area is 102 Å². The topological polar surface area (TPSA) is 26.3 Å². The van der Waals surface area contributed by atoms with Crippen LogP contribution < -0.4 is 4.74 Å². The Morgan fingerprint density at radius 3 is 2.69 bits per heavy atom. The fourth-order valence-corrected chi connectivity index (χ4v) is 1.89. The maximum absolute atomic E-state index is 10.2. The van der Waals surface area contributed by atoms with Gasteiger partial charge in [-0.1, -0.05) is 28.1 Å². The molecule has 2 aromatic carbocycles. The van der Waals surface area contributed by atoms with E-state index in [2.05, 4.69) is 22.0 Å². The molecule has 0 heterocycles. The second-order valence-corrected chi connectivity index (χ2v) is 4.37. The molecule has 0 aromatic heterocycles. The van der Waals surface area contributed by atoms with Crippen LogP contribution in [0, 0.1) is 0 Å². The normalized spacial score (nSPS) is 10.3. The highest BCUT2D eigenvalue weighted by atomic mass is 79.9. The molecule has 2 aromatic rings. The van der Waals surface area contributed by atoms with Gasteiger partial charge in [-0.3, -0.25) is 0 Å². The highest BCUT2D eigenvalue weighted by Gasteiger charge is 1.98. The van der Waals surface area contributed by atoms with Crippen LogP contribution in [0.1, 0.15) is 6.42 Å². The smallest absolute Gasteiger partial charge is 0.123 e. The first kappa shape index (κ1) is 11.1. The van der Waals surface area contributed by atoms with Crippen LogP contribution in [-0.2, 0) is 4.79 Å². The molecule has 16 heavy (non-hydrogen) atoms. The number of rotatable bonds is 4. The summed E-state index contributed by atoms with van der Waals surface area (Å²) in [6.07, 6.45) is 1.29. The van der Waals surface area contributed by atoms with Gasteiger partial charge in [0.25, 0.3) is 0 Å². The fourth-order valence-electron chi connectivity index (χ4n) is 1.51. The van der Waals surface area contributed by atoms with Crippen LogP contribution in [-0.4, -0.2) is 12.9 Å². The summed E-state index contributed by atoms with van der Waals surface area (Å²) in [7, 11) is 0. The first-order valence-corrected chi connectivity index (χ1v) is 5.84. The molecule has 0 atom stereocenters. The largest absolute Gasteiger partial charge is 0.493 e. The summed E-state index contributed by atoms with van der Waals surface area (Å²) < 4.78 is 6.51. The van der Waals surface area contributed by atoms with Gasteiger partial charge in [-0.05, 0) is 35.0 Å². The Balaban J connectivity index is 2.23. The SMILES string of the molecule is O=CCCOc1ccc2cc(Br)ccc2c1. The van der Waals surface area contributed by atoms with E-state index >= 15 is 0 Å². The Kier molecular flexibility index (Phi) is 3.57. The minimum atomic E-state index is 0.429. The van der Waals surface area contributed by atoms with Gasteiger partial charge < -0.3 is 9.53 Å². The summed E-state index contributed by atoms with van der Waals surface area (Å²) in [6.45, 7) is 0.436.